The van der Waals surface area contributed by atoms with Gasteiger partial charge in [0.2, 0.25) is 0 Å². The highest BCUT2D eigenvalue weighted by atomic mass is 16.2. The number of carbonyl (C=O) groups excluding carboxylic acids is 1. The van der Waals surface area contributed by atoms with Crippen molar-refractivity contribution in [3.05, 3.63) is 66.0 Å². The molecule has 0 atom stereocenters. The third-order valence-electron chi connectivity index (χ3n) is 5.10. The van der Waals surface area contributed by atoms with Gasteiger partial charge in [0, 0.05) is 23.4 Å². The van der Waals surface area contributed by atoms with Crippen molar-refractivity contribution in [2.75, 3.05) is 11.4 Å². The first-order chi connectivity index (χ1) is 13.5. The molecule has 0 fully saturated rings. The highest BCUT2D eigenvalue weighted by molar-refractivity contribution is 6.12. The molecule has 4 aromatic rings. The third kappa shape index (κ3) is 2.93. The highest BCUT2D eigenvalue weighted by Gasteiger charge is 2.22. The number of aryl methyl sites for hydroxylation is 1. The molecule has 0 spiro atoms. The number of hydrogen-bond donors (Lipinski definition) is 0. The number of anilines is 1. The van der Waals surface area contributed by atoms with Crippen LogP contribution in [0.15, 0.2) is 54.7 Å². The van der Waals surface area contributed by atoms with Gasteiger partial charge in [0.05, 0.1) is 23.1 Å². The van der Waals surface area contributed by atoms with Gasteiger partial charge in [-0.15, -0.1) is 0 Å². The Morgan fingerprint density at radius 1 is 1.11 bits per heavy atom. The Labute approximate surface area is 164 Å². The lowest BCUT2D eigenvalue weighted by molar-refractivity contribution is 0.0987. The Bertz CT molecular complexity index is 1170. The molecule has 0 unspecified atom stereocenters. The Morgan fingerprint density at radius 3 is 2.61 bits per heavy atom. The number of hydrogen-bond acceptors (Lipinski definition) is 3. The molecule has 5 heteroatoms. The molecule has 0 saturated carbocycles. The summed E-state index contributed by atoms with van der Waals surface area (Å²) in [6.07, 6.45) is 1.78. The maximum Gasteiger partial charge on any atom is 0.260 e. The monoisotopic (exact) mass is 372 g/mol. The van der Waals surface area contributed by atoms with Crippen LogP contribution in [0.4, 0.5) is 5.69 Å². The molecule has 142 valence electrons. The summed E-state index contributed by atoms with van der Waals surface area (Å²) in [7, 11) is 0. The molecule has 2 aromatic carbocycles. The molecule has 0 N–H and O–H groups in total. The lowest BCUT2D eigenvalue weighted by atomic mass is 10.1. The molecule has 0 aliphatic rings. The molecule has 4 rings (SSSR count). The van der Waals surface area contributed by atoms with Crippen LogP contribution in [0.1, 0.15) is 42.9 Å². The zero-order valence-corrected chi connectivity index (χ0v) is 16.7. The summed E-state index contributed by atoms with van der Waals surface area (Å²) in [5, 5.41) is 7.50. The fourth-order valence-corrected chi connectivity index (χ4v) is 3.67. The van der Waals surface area contributed by atoms with Crippen LogP contribution in [0, 0.1) is 6.92 Å². The van der Waals surface area contributed by atoms with Gasteiger partial charge in [-0.05, 0) is 45.2 Å². The van der Waals surface area contributed by atoms with Gasteiger partial charge in [0.25, 0.3) is 5.91 Å². The van der Waals surface area contributed by atoms with Crippen LogP contribution in [-0.2, 0) is 0 Å². The minimum absolute atomic E-state index is 0.0388. The summed E-state index contributed by atoms with van der Waals surface area (Å²) in [6, 6.07) is 16.3. The third-order valence-corrected chi connectivity index (χ3v) is 5.10. The summed E-state index contributed by atoms with van der Waals surface area (Å²) in [6.45, 7) is 8.61. The van der Waals surface area contributed by atoms with Crippen LogP contribution >= 0.6 is 0 Å². The predicted octanol–water partition coefficient (Wildman–Crippen LogP) is 5.14. The van der Waals surface area contributed by atoms with E-state index in [1.165, 1.54) is 0 Å². The number of rotatable bonds is 4. The largest absolute Gasteiger partial charge is 0.308 e. The summed E-state index contributed by atoms with van der Waals surface area (Å²) in [5.41, 5.74) is 3.07. The van der Waals surface area contributed by atoms with Crippen molar-refractivity contribution in [2.24, 2.45) is 0 Å². The molecule has 5 nitrogen and oxygen atoms in total. The quantitative estimate of drug-likeness (QED) is 0.498. The van der Waals surface area contributed by atoms with E-state index < -0.39 is 0 Å². The van der Waals surface area contributed by atoms with E-state index in [1.807, 2.05) is 53.8 Å². The Kier molecular flexibility index (Phi) is 4.59. The van der Waals surface area contributed by atoms with E-state index in [2.05, 4.69) is 37.1 Å². The summed E-state index contributed by atoms with van der Waals surface area (Å²) < 4.78 is 1.89. The van der Waals surface area contributed by atoms with Gasteiger partial charge in [0.1, 0.15) is 0 Å². The van der Waals surface area contributed by atoms with E-state index in [0.29, 0.717) is 12.1 Å². The molecular weight excluding hydrogens is 348 g/mol. The van der Waals surface area contributed by atoms with E-state index in [-0.39, 0.29) is 11.9 Å². The zero-order chi connectivity index (χ0) is 19.8. The van der Waals surface area contributed by atoms with Crippen molar-refractivity contribution in [1.82, 2.24) is 14.8 Å². The lowest BCUT2D eigenvalue weighted by Gasteiger charge is -2.23. The smallest absolute Gasteiger partial charge is 0.260 e. The van der Waals surface area contributed by atoms with Crippen molar-refractivity contribution >= 4 is 33.4 Å². The first-order valence-electron chi connectivity index (χ1n) is 9.65. The number of pyridine rings is 1. The Morgan fingerprint density at radius 2 is 1.86 bits per heavy atom. The molecule has 0 radical (unpaired) electrons. The molecule has 0 saturated heterocycles. The maximum absolute atomic E-state index is 13.5. The Hall–Kier alpha value is -3.21. The summed E-state index contributed by atoms with van der Waals surface area (Å²) in [5.74, 6) is -0.0388. The van der Waals surface area contributed by atoms with Crippen LogP contribution in [0.25, 0.3) is 21.8 Å². The number of aromatic nitrogens is 3. The molecule has 2 heterocycles. The summed E-state index contributed by atoms with van der Waals surface area (Å²) in [4.78, 5) is 20.0. The average molecular weight is 372 g/mol. The van der Waals surface area contributed by atoms with Gasteiger partial charge in [-0.25, -0.2) is 9.67 Å². The van der Waals surface area contributed by atoms with Crippen LogP contribution in [0.5, 0.6) is 0 Å². The van der Waals surface area contributed by atoms with E-state index in [4.69, 9.17) is 4.98 Å². The van der Waals surface area contributed by atoms with Crippen LogP contribution in [-0.4, -0.2) is 27.2 Å². The standard InChI is InChI=1S/C23H24N4O/c1-5-26(21-12-8-10-17-9-6-7-11-19(17)21)23(28)20-13-18-14-24-27(15(2)3)22(18)25-16(20)4/h6-15H,5H2,1-4H3. The first-order valence-corrected chi connectivity index (χ1v) is 9.65. The van der Waals surface area contributed by atoms with Crippen molar-refractivity contribution in [2.45, 2.75) is 33.7 Å². The minimum Gasteiger partial charge on any atom is -0.308 e. The second-order valence-electron chi connectivity index (χ2n) is 7.26. The Balaban J connectivity index is 1.82. The molecule has 0 bridgehead atoms. The average Bonchev–Trinajstić information content (AvgIpc) is 3.11. The minimum atomic E-state index is -0.0388. The van der Waals surface area contributed by atoms with Gasteiger partial charge in [0.15, 0.2) is 5.65 Å². The normalized spacial score (nSPS) is 11.5. The van der Waals surface area contributed by atoms with Gasteiger partial charge in [-0.3, -0.25) is 4.79 Å². The highest BCUT2D eigenvalue weighted by Crippen LogP contribution is 2.29. The molecule has 28 heavy (non-hydrogen) atoms. The first kappa shape index (κ1) is 18.2. The van der Waals surface area contributed by atoms with Gasteiger partial charge in [-0.2, -0.15) is 5.10 Å². The number of benzene rings is 2. The van der Waals surface area contributed by atoms with Crippen LogP contribution in [0.2, 0.25) is 0 Å². The second-order valence-corrected chi connectivity index (χ2v) is 7.26. The number of amides is 1. The fraction of sp³-hybridized carbons (Fsp3) is 0.261. The number of carbonyl (C=O) groups is 1. The number of nitrogens with zero attached hydrogens (tertiary/aromatic N) is 4. The van der Waals surface area contributed by atoms with Crippen molar-refractivity contribution in [3.8, 4) is 0 Å². The summed E-state index contributed by atoms with van der Waals surface area (Å²) >= 11 is 0. The van der Waals surface area contributed by atoms with Gasteiger partial charge < -0.3 is 4.90 Å². The van der Waals surface area contributed by atoms with E-state index >= 15 is 0 Å². The van der Waals surface area contributed by atoms with Crippen LogP contribution < -0.4 is 4.90 Å². The fourth-order valence-electron chi connectivity index (χ4n) is 3.67. The van der Waals surface area contributed by atoms with Crippen molar-refractivity contribution in [3.63, 3.8) is 0 Å². The second kappa shape index (κ2) is 7.08. The van der Waals surface area contributed by atoms with Crippen molar-refractivity contribution in [1.29, 1.82) is 0 Å². The SMILES string of the molecule is CCN(C(=O)c1cc2cnn(C(C)C)c2nc1C)c1cccc2ccccc12. The lowest BCUT2D eigenvalue weighted by Crippen LogP contribution is -2.31. The zero-order valence-electron chi connectivity index (χ0n) is 16.7. The van der Waals surface area contributed by atoms with E-state index in [9.17, 15) is 4.79 Å². The molecule has 0 aliphatic heterocycles. The van der Waals surface area contributed by atoms with Crippen LogP contribution in [0.3, 0.4) is 0 Å². The number of fused-ring (bicyclic) bond motifs is 2. The van der Waals surface area contributed by atoms with Gasteiger partial charge in [-0.1, -0.05) is 36.4 Å². The molecular formula is C23H24N4O. The van der Waals surface area contributed by atoms with Gasteiger partial charge >= 0.3 is 0 Å². The molecule has 2 aromatic heterocycles. The molecule has 0 aliphatic carbocycles. The molecule has 1 amide bonds. The van der Waals surface area contributed by atoms with Crippen molar-refractivity contribution < 1.29 is 4.79 Å². The predicted molar refractivity (Wildman–Crippen MR) is 114 cm³/mol. The maximum atomic E-state index is 13.5. The van der Waals surface area contributed by atoms with E-state index in [1.54, 1.807) is 6.20 Å². The van der Waals surface area contributed by atoms with E-state index in [0.717, 1.165) is 33.2 Å². The topological polar surface area (TPSA) is 51.0 Å².